The van der Waals surface area contributed by atoms with Crippen LogP contribution in [0, 0.1) is 11.5 Å². The van der Waals surface area contributed by atoms with Crippen molar-refractivity contribution in [3.05, 3.63) is 48.0 Å². The highest BCUT2D eigenvalue weighted by Gasteiger charge is 2.03. The number of aliphatic imine (C=N–C) groups is 1. The highest BCUT2D eigenvalue weighted by molar-refractivity contribution is 7.98. The van der Waals surface area contributed by atoms with Crippen molar-refractivity contribution in [2.24, 2.45) is 4.99 Å². The standard InChI is InChI=1S/C18H22N6O2S2/c19-13-24-18(22-7-9-27-11-14-16(25)3-1-5-20-14)23-8-10-28-12-15-17(26)4-2-6-21-15/h1-6,25-26H,7-12H2,(H2,22,23,24). The highest BCUT2D eigenvalue weighted by atomic mass is 32.2. The van der Waals surface area contributed by atoms with Crippen LogP contribution in [0.1, 0.15) is 11.4 Å². The first kappa shape index (κ1) is 21.7. The molecule has 8 nitrogen and oxygen atoms in total. The molecule has 10 heteroatoms. The molecule has 0 aliphatic rings. The summed E-state index contributed by atoms with van der Waals surface area (Å²) >= 11 is 3.23. The molecular formula is C18H22N6O2S2. The van der Waals surface area contributed by atoms with Crippen molar-refractivity contribution in [3.8, 4) is 17.7 Å². The number of guanidine groups is 1. The van der Waals surface area contributed by atoms with Crippen LogP contribution < -0.4 is 10.6 Å². The third-order valence-corrected chi connectivity index (χ3v) is 5.35. The summed E-state index contributed by atoms with van der Waals surface area (Å²) in [6.07, 6.45) is 5.18. The number of rotatable bonds is 10. The summed E-state index contributed by atoms with van der Waals surface area (Å²) < 4.78 is 0. The van der Waals surface area contributed by atoms with Crippen LogP contribution in [0.3, 0.4) is 0 Å². The molecule has 0 radical (unpaired) electrons. The first-order valence-electron chi connectivity index (χ1n) is 8.55. The van der Waals surface area contributed by atoms with Gasteiger partial charge in [-0.1, -0.05) is 0 Å². The van der Waals surface area contributed by atoms with E-state index in [-0.39, 0.29) is 11.5 Å². The number of aromatic hydroxyl groups is 2. The molecule has 28 heavy (non-hydrogen) atoms. The SMILES string of the molecule is N#CNC(=NCCSCc1ncccc1O)NCCSCc1ncccc1O. The molecule has 0 aliphatic carbocycles. The Kier molecular flexibility index (Phi) is 9.82. The van der Waals surface area contributed by atoms with E-state index >= 15 is 0 Å². The predicted molar refractivity (Wildman–Crippen MR) is 113 cm³/mol. The van der Waals surface area contributed by atoms with Gasteiger partial charge in [0, 0.05) is 41.9 Å². The molecule has 0 unspecified atom stereocenters. The number of pyridine rings is 2. The molecule has 0 aromatic carbocycles. The normalized spacial score (nSPS) is 11.0. The van der Waals surface area contributed by atoms with Crippen LogP contribution >= 0.6 is 23.5 Å². The molecule has 148 valence electrons. The van der Waals surface area contributed by atoms with Gasteiger partial charge in [0.1, 0.15) is 11.5 Å². The summed E-state index contributed by atoms with van der Waals surface area (Å²) in [6.45, 7) is 1.16. The molecule has 2 aromatic heterocycles. The number of hydrogen-bond acceptors (Lipinski definition) is 8. The van der Waals surface area contributed by atoms with E-state index in [1.165, 1.54) is 0 Å². The maximum atomic E-state index is 9.68. The molecular weight excluding hydrogens is 396 g/mol. The van der Waals surface area contributed by atoms with Crippen LogP contribution in [0.2, 0.25) is 0 Å². The number of thioether (sulfide) groups is 2. The van der Waals surface area contributed by atoms with Gasteiger partial charge in [0.05, 0.1) is 17.9 Å². The molecule has 0 fully saturated rings. The van der Waals surface area contributed by atoms with Crippen LogP contribution in [-0.2, 0) is 11.5 Å². The maximum absolute atomic E-state index is 9.68. The van der Waals surface area contributed by atoms with Gasteiger partial charge in [0.15, 0.2) is 6.19 Å². The molecule has 2 rings (SSSR count). The second-order valence-electron chi connectivity index (χ2n) is 5.44. The van der Waals surface area contributed by atoms with Gasteiger partial charge in [-0.2, -0.15) is 28.8 Å². The van der Waals surface area contributed by atoms with Gasteiger partial charge in [-0.15, -0.1) is 0 Å². The zero-order valence-corrected chi connectivity index (χ0v) is 16.8. The third kappa shape index (κ3) is 7.94. The highest BCUT2D eigenvalue weighted by Crippen LogP contribution is 2.19. The fourth-order valence-electron chi connectivity index (χ4n) is 2.08. The van der Waals surface area contributed by atoms with E-state index in [9.17, 15) is 10.2 Å². The van der Waals surface area contributed by atoms with E-state index in [0.29, 0.717) is 41.9 Å². The van der Waals surface area contributed by atoms with E-state index in [4.69, 9.17) is 5.26 Å². The van der Waals surface area contributed by atoms with Crippen molar-refractivity contribution in [1.29, 1.82) is 5.26 Å². The number of hydrogen-bond donors (Lipinski definition) is 4. The minimum Gasteiger partial charge on any atom is -0.506 e. The lowest BCUT2D eigenvalue weighted by atomic mass is 10.3. The molecule has 0 atom stereocenters. The van der Waals surface area contributed by atoms with Gasteiger partial charge in [-0.3, -0.25) is 20.3 Å². The molecule has 0 spiro atoms. The average Bonchev–Trinajstić information content (AvgIpc) is 2.70. The van der Waals surface area contributed by atoms with E-state index in [0.717, 1.165) is 11.5 Å². The van der Waals surface area contributed by atoms with E-state index in [2.05, 4.69) is 25.6 Å². The second-order valence-corrected chi connectivity index (χ2v) is 7.65. The fourth-order valence-corrected chi connectivity index (χ4v) is 3.66. The van der Waals surface area contributed by atoms with Crippen LogP contribution in [0.15, 0.2) is 41.7 Å². The second kappa shape index (κ2) is 12.7. The van der Waals surface area contributed by atoms with Gasteiger partial charge in [0.25, 0.3) is 0 Å². The van der Waals surface area contributed by atoms with E-state index < -0.39 is 0 Å². The lowest BCUT2D eigenvalue weighted by Gasteiger charge is -2.08. The molecule has 0 saturated heterocycles. The predicted octanol–water partition coefficient (Wildman–Crippen LogP) is 2.07. The number of nitrogens with one attached hydrogen (secondary N) is 2. The van der Waals surface area contributed by atoms with Crippen molar-refractivity contribution in [2.45, 2.75) is 11.5 Å². The van der Waals surface area contributed by atoms with Crippen LogP contribution in [0.5, 0.6) is 11.5 Å². The summed E-state index contributed by atoms with van der Waals surface area (Å²) in [6, 6.07) is 6.62. The molecule has 2 aromatic rings. The largest absolute Gasteiger partial charge is 0.506 e. The minimum absolute atomic E-state index is 0.198. The zero-order chi connectivity index (χ0) is 20.0. The Balaban J connectivity index is 1.64. The Labute approximate surface area is 172 Å². The number of nitrogens with zero attached hydrogens (tertiary/aromatic N) is 4. The minimum atomic E-state index is 0.198. The summed E-state index contributed by atoms with van der Waals surface area (Å²) in [5.74, 6) is 3.57. The van der Waals surface area contributed by atoms with Gasteiger partial charge in [-0.25, -0.2) is 0 Å². The first-order valence-corrected chi connectivity index (χ1v) is 10.9. The Hall–Kier alpha value is -2.64. The van der Waals surface area contributed by atoms with Crippen molar-refractivity contribution in [2.75, 3.05) is 24.6 Å². The Morgan fingerprint density at radius 1 is 1.04 bits per heavy atom. The van der Waals surface area contributed by atoms with Crippen LogP contribution in [0.4, 0.5) is 0 Å². The van der Waals surface area contributed by atoms with Crippen LogP contribution in [-0.4, -0.2) is 50.7 Å². The summed E-state index contributed by atoms with van der Waals surface area (Å²) in [7, 11) is 0. The lowest BCUT2D eigenvalue weighted by Crippen LogP contribution is -2.36. The molecule has 0 amide bonds. The fraction of sp³-hybridized carbons (Fsp3) is 0.333. The molecule has 0 bridgehead atoms. The van der Waals surface area contributed by atoms with Gasteiger partial charge in [0.2, 0.25) is 5.96 Å². The van der Waals surface area contributed by atoms with E-state index in [1.54, 1.807) is 60.2 Å². The summed E-state index contributed by atoms with van der Waals surface area (Å²) in [5, 5.41) is 33.8. The van der Waals surface area contributed by atoms with Crippen molar-refractivity contribution < 1.29 is 10.2 Å². The van der Waals surface area contributed by atoms with Crippen molar-refractivity contribution >= 4 is 29.5 Å². The Morgan fingerprint density at radius 2 is 1.64 bits per heavy atom. The van der Waals surface area contributed by atoms with E-state index in [1.807, 2.05) is 6.19 Å². The smallest absolute Gasteiger partial charge is 0.204 e. The molecule has 2 heterocycles. The number of nitriles is 1. The van der Waals surface area contributed by atoms with Crippen molar-refractivity contribution in [3.63, 3.8) is 0 Å². The molecule has 4 N–H and O–H groups in total. The lowest BCUT2D eigenvalue weighted by molar-refractivity contribution is 0.466. The van der Waals surface area contributed by atoms with Crippen molar-refractivity contribution in [1.82, 2.24) is 20.6 Å². The average molecular weight is 419 g/mol. The quantitative estimate of drug-likeness (QED) is 0.151. The van der Waals surface area contributed by atoms with Crippen LogP contribution in [0.25, 0.3) is 0 Å². The summed E-state index contributed by atoms with van der Waals surface area (Å²) in [4.78, 5) is 12.6. The monoisotopic (exact) mass is 418 g/mol. The topological polar surface area (TPSA) is 126 Å². The third-order valence-electron chi connectivity index (χ3n) is 3.43. The van der Waals surface area contributed by atoms with Gasteiger partial charge >= 0.3 is 0 Å². The van der Waals surface area contributed by atoms with Gasteiger partial charge in [-0.05, 0) is 24.3 Å². The molecule has 0 aliphatic heterocycles. The zero-order valence-electron chi connectivity index (χ0n) is 15.2. The van der Waals surface area contributed by atoms with Gasteiger partial charge < -0.3 is 15.5 Å². The molecule has 0 saturated carbocycles. The summed E-state index contributed by atoms with van der Waals surface area (Å²) in [5.41, 5.74) is 1.31. The Morgan fingerprint density at radius 3 is 2.21 bits per heavy atom. The Bertz CT molecular complexity index is 813. The number of aromatic nitrogens is 2. The first-order chi connectivity index (χ1) is 13.7. The maximum Gasteiger partial charge on any atom is 0.204 e.